The number of nitrogens with two attached hydrogens (primary N) is 1. The number of anilines is 1. The Kier molecular flexibility index (Phi) is 8.93. The van der Waals surface area contributed by atoms with E-state index in [0.717, 1.165) is 45.4 Å². The average Bonchev–Trinajstić information content (AvgIpc) is 3.41. The fourth-order valence-electron chi connectivity index (χ4n) is 4.19. The van der Waals surface area contributed by atoms with E-state index in [-0.39, 0.29) is 43.1 Å². The van der Waals surface area contributed by atoms with Crippen LogP contribution in [0.4, 0.5) is 5.13 Å². The van der Waals surface area contributed by atoms with Gasteiger partial charge in [-0.3, -0.25) is 19.3 Å². The standard InChI is InChI=1S/C24H18ClN5O10S4/c25-14-18(35)11(32)1-8-10(31)2-13(44-19(8)14)41-4-7-5-42-22-16(21(37)30(22)17(7)23(38)39)28-20(36)15(29-40-3-12(33)34)9-6-43-24(26)27-9/h1-2,6,16,22,32,35H,3-5H2,(H2,26,27)(H,28,36)(H,33,34)(H,38,39)/b29-15-/t16-,22-/m1/s1. The van der Waals surface area contributed by atoms with Gasteiger partial charge in [-0.15, -0.1) is 46.2 Å². The number of thioether (sulfide) groups is 2. The lowest BCUT2D eigenvalue weighted by Gasteiger charge is -2.49. The van der Waals surface area contributed by atoms with Gasteiger partial charge in [-0.25, -0.2) is 14.6 Å². The fraction of sp³-hybridized carbons (Fsp3) is 0.208. The number of phenolic OH excluding ortho intramolecular Hbond substituents is 2. The van der Waals surface area contributed by atoms with Gasteiger partial charge in [0.15, 0.2) is 27.8 Å². The Morgan fingerprint density at radius 1 is 1.25 bits per heavy atom. The van der Waals surface area contributed by atoms with E-state index in [9.17, 15) is 39.3 Å². The van der Waals surface area contributed by atoms with E-state index in [1.807, 2.05) is 0 Å². The molecule has 1 aromatic carbocycles. The third-order valence-corrected chi connectivity index (χ3v) is 11.1. The van der Waals surface area contributed by atoms with Gasteiger partial charge in [-0.1, -0.05) is 16.8 Å². The lowest BCUT2D eigenvalue weighted by Crippen LogP contribution is -2.71. The average molecular weight is 700 g/mol. The molecule has 0 bridgehead atoms. The van der Waals surface area contributed by atoms with Crippen LogP contribution in [0.15, 0.2) is 42.9 Å². The maximum Gasteiger partial charge on any atom is 0.352 e. The number of oxime groups is 1. The summed E-state index contributed by atoms with van der Waals surface area (Å²) in [6.45, 7) is -0.840. The van der Waals surface area contributed by atoms with E-state index in [2.05, 4.69) is 15.5 Å². The number of carbonyl (C=O) groups excluding carboxylic acids is 2. The molecule has 0 radical (unpaired) electrons. The summed E-state index contributed by atoms with van der Waals surface area (Å²) >= 11 is 10.5. The molecule has 7 N–H and O–H groups in total. The van der Waals surface area contributed by atoms with Gasteiger partial charge < -0.3 is 36.3 Å². The molecule has 4 heterocycles. The summed E-state index contributed by atoms with van der Waals surface area (Å²) in [6, 6.07) is 1.29. The summed E-state index contributed by atoms with van der Waals surface area (Å²) in [7, 11) is 0. The normalized spacial score (nSPS) is 18.2. The molecule has 0 unspecified atom stereocenters. The van der Waals surface area contributed by atoms with Crippen molar-refractivity contribution in [1.82, 2.24) is 15.2 Å². The van der Waals surface area contributed by atoms with Crippen molar-refractivity contribution in [3.05, 3.63) is 49.7 Å². The van der Waals surface area contributed by atoms with Gasteiger partial charge in [0.05, 0.1) is 8.91 Å². The number of carboxylic acid groups (broad SMARTS) is 2. The zero-order valence-corrected chi connectivity index (χ0v) is 25.7. The number of nitrogens with zero attached hydrogens (tertiary/aromatic N) is 3. The molecule has 1 fully saturated rings. The lowest BCUT2D eigenvalue weighted by molar-refractivity contribution is -0.150. The van der Waals surface area contributed by atoms with Crippen molar-refractivity contribution >= 4 is 102 Å². The molecule has 44 heavy (non-hydrogen) atoms. The number of β-lactam (4-membered cyclic amide) rings is 1. The molecule has 0 spiro atoms. The number of rotatable bonds is 10. The van der Waals surface area contributed by atoms with Crippen LogP contribution < -0.4 is 16.5 Å². The Balaban J connectivity index is 1.34. The number of thiazole rings is 1. The van der Waals surface area contributed by atoms with Crippen LogP contribution in [0.1, 0.15) is 5.69 Å². The van der Waals surface area contributed by atoms with Crippen LogP contribution in [0.2, 0.25) is 5.02 Å². The van der Waals surface area contributed by atoms with Crippen molar-refractivity contribution < 1.29 is 44.4 Å². The van der Waals surface area contributed by atoms with Gasteiger partial charge in [-0.2, -0.15) is 0 Å². The number of aliphatic carboxylic acids is 2. The first-order valence-corrected chi connectivity index (χ1v) is 16.1. The zero-order chi connectivity index (χ0) is 31.9. The monoisotopic (exact) mass is 699 g/mol. The number of hydrogen-bond donors (Lipinski definition) is 6. The number of carboxylic acids is 2. The van der Waals surface area contributed by atoms with Crippen LogP contribution in [0.3, 0.4) is 0 Å². The van der Waals surface area contributed by atoms with Crippen LogP contribution in [0.5, 0.6) is 11.5 Å². The summed E-state index contributed by atoms with van der Waals surface area (Å²) in [5.41, 5.74) is 4.88. The van der Waals surface area contributed by atoms with Crippen LogP contribution in [-0.2, 0) is 24.0 Å². The smallest absolute Gasteiger partial charge is 0.352 e. The number of amides is 2. The zero-order valence-electron chi connectivity index (χ0n) is 21.7. The molecular formula is C24H18ClN5O10S4. The maximum absolute atomic E-state index is 13.1. The quantitative estimate of drug-likeness (QED) is 0.0580. The predicted molar refractivity (Wildman–Crippen MR) is 163 cm³/mol. The number of halogens is 1. The third-order valence-electron chi connectivity index (χ3n) is 6.14. The summed E-state index contributed by atoms with van der Waals surface area (Å²) in [6.07, 6.45) is 0. The van der Waals surface area contributed by atoms with E-state index < -0.39 is 64.4 Å². The van der Waals surface area contributed by atoms with Crippen molar-refractivity contribution in [3.63, 3.8) is 0 Å². The molecule has 2 amide bonds. The number of hydrogen-bond acceptors (Lipinski definition) is 15. The molecule has 0 aliphatic carbocycles. The minimum Gasteiger partial charge on any atom is -0.504 e. The molecule has 2 aromatic heterocycles. The van der Waals surface area contributed by atoms with E-state index >= 15 is 0 Å². The number of benzene rings is 1. The first-order valence-electron chi connectivity index (χ1n) is 12.0. The highest BCUT2D eigenvalue weighted by atomic mass is 35.5. The molecule has 2 atom stereocenters. The Labute approximate surface area is 267 Å². The highest BCUT2D eigenvalue weighted by molar-refractivity contribution is 8.02. The highest BCUT2D eigenvalue weighted by Gasteiger charge is 2.54. The molecular weight excluding hydrogens is 682 g/mol. The molecule has 20 heteroatoms. The summed E-state index contributed by atoms with van der Waals surface area (Å²) in [5.74, 6) is -5.14. The van der Waals surface area contributed by atoms with E-state index in [1.165, 1.54) is 23.2 Å². The van der Waals surface area contributed by atoms with Gasteiger partial charge in [0, 0.05) is 28.3 Å². The van der Waals surface area contributed by atoms with E-state index in [0.29, 0.717) is 9.78 Å². The summed E-state index contributed by atoms with van der Waals surface area (Å²) < 4.78 is 0.703. The van der Waals surface area contributed by atoms with Crippen LogP contribution in [0, 0.1) is 0 Å². The second kappa shape index (κ2) is 12.5. The lowest BCUT2D eigenvalue weighted by atomic mass is 10.0. The molecule has 15 nitrogen and oxygen atoms in total. The van der Waals surface area contributed by atoms with Gasteiger partial charge in [0.1, 0.15) is 27.8 Å². The molecule has 2 aliphatic rings. The minimum absolute atomic E-state index is 0.00922. The first-order chi connectivity index (χ1) is 20.9. The third kappa shape index (κ3) is 6.00. The van der Waals surface area contributed by atoms with Crippen LogP contribution >= 0.6 is 57.8 Å². The van der Waals surface area contributed by atoms with Crippen molar-refractivity contribution in [2.75, 3.05) is 23.8 Å². The van der Waals surface area contributed by atoms with E-state index in [1.54, 1.807) is 0 Å². The number of nitrogens with one attached hydrogen (secondary N) is 1. The number of aromatic hydroxyl groups is 2. The topological polar surface area (TPSA) is 242 Å². The minimum atomic E-state index is -1.36. The molecule has 0 saturated carbocycles. The van der Waals surface area contributed by atoms with Gasteiger partial charge in [0.25, 0.3) is 11.8 Å². The van der Waals surface area contributed by atoms with Gasteiger partial charge >= 0.3 is 11.9 Å². The maximum atomic E-state index is 13.1. The summed E-state index contributed by atoms with van der Waals surface area (Å²) in [5, 5.41) is 45.2. The predicted octanol–water partition coefficient (Wildman–Crippen LogP) is 1.70. The Morgan fingerprint density at radius 3 is 2.66 bits per heavy atom. The van der Waals surface area contributed by atoms with Gasteiger partial charge in [-0.05, 0) is 11.6 Å². The molecule has 2 aliphatic heterocycles. The van der Waals surface area contributed by atoms with Crippen molar-refractivity contribution in [2.24, 2.45) is 5.16 Å². The fourth-order valence-corrected chi connectivity index (χ4v) is 8.76. The highest BCUT2D eigenvalue weighted by Crippen LogP contribution is 2.44. The molecule has 230 valence electrons. The largest absolute Gasteiger partial charge is 0.504 e. The SMILES string of the molecule is Nc1nc(/C(=N/OCC(=O)O)C(=O)N[C@@H]2C(=O)N3C(C(=O)O)=C(CSc4cc(=O)c5cc(O)c(O)c(Cl)c5s4)CS[C@H]23)cs1. The molecule has 1 saturated heterocycles. The Morgan fingerprint density at radius 2 is 2.00 bits per heavy atom. The number of aromatic nitrogens is 1. The van der Waals surface area contributed by atoms with Crippen molar-refractivity contribution in [3.8, 4) is 11.5 Å². The van der Waals surface area contributed by atoms with Gasteiger partial charge in [0.2, 0.25) is 6.61 Å². The second-order valence-corrected chi connectivity index (χ2v) is 13.7. The molecule has 5 rings (SSSR count). The number of carbonyl (C=O) groups is 4. The molecule has 3 aromatic rings. The first kappa shape index (κ1) is 31.4. The second-order valence-electron chi connectivity index (χ2n) is 8.95. The van der Waals surface area contributed by atoms with Crippen molar-refractivity contribution in [2.45, 2.75) is 15.6 Å². The number of fused-ring (bicyclic) bond motifs is 2. The summed E-state index contributed by atoms with van der Waals surface area (Å²) in [4.78, 5) is 71.6. The van der Waals surface area contributed by atoms with Crippen LogP contribution in [0.25, 0.3) is 10.1 Å². The number of phenols is 2. The number of nitrogen functional groups attached to an aromatic ring is 1. The van der Waals surface area contributed by atoms with Crippen LogP contribution in [-0.4, -0.2) is 89.3 Å². The van der Waals surface area contributed by atoms with Crippen molar-refractivity contribution in [1.29, 1.82) is 0 Å². The Bertz CT molecular complexity index is 1860. The Hall–Kier alpha value is -4.04. The van der Waals surface area contributed by atoms with E-state index in [4.69, 9.17) is 27.3 Å².